The molecule has 2 aromatic rings. The van der Waals surface area contributed by atoms with Crippen LogP contribution in [0.2, 0.25) is 5.02 Å². The molecule has 0 heterocycles. The van der Waals surface area contributed by atoms with Crippen LogP contribution >= 0.6 is 11.6 Å². The molecule has 2 aromatic carbocycles. The first kappa shape index (κ1) is 15.8. The fraction of sp³-hybridized carbons (Fsp3) is 0.143. The molecule has 0 atom stereocenters. The molecule has 0 aliphatic heterocycles. The normalized spacial score (nSPS) is 11.4. The van der Waals surface area contributed by atoms with Crippen LogP contribution < -0.4 is 4.72 Å². The van der Waals surface area contributed by atoms with E-state index in [9.17, 15) is 17.9 Å². The summed E-state index contributed by atoms with van der Waals surface area (Å²) in [5.41, 5.74) is 0.924. The smallest absolute Gasteiger partial charge is 0.262 e. The molecule has 0 aromatic heterocycles. The van der Waals surface area contributed by atoms with Crippen LogP contribution in [-0.2, 0) is 16.6 Å². The van der Waals surface area contributed by atoms with Crippen LogP contribution in [0.25, 0.3) is 0 Å². The van der Waals surface area contributed by atoms with E-state index in [4.69, 9.17) is 11.6 Å². The molecule has 7 heteroatoms. The van der Waals surface area contributed by atoms with Gasteiger partial charge in [-0.25, -0.2) is 12.8 Å². The molecular weight excluding hydrogens is 317 g/mol. The lowest BCUT2D eigenvalue weighted by Crippen LogP contribution is -2.15. The second-order valence-electron chi connectivity index (χ2n) is 4.46. The zero-order valence-electron chi connectivity index (χ0n) is 11.1. The minimum atomic E-state index is -3.93. The Bertz CT molecular complexity index is 778. The molecule has 0 saturated heterocycles. The van der Waals surface area contributed by atoms with Crippen molar-refractivity contribution in [3.8, 4) is 0 Å². The number of anilines is 1. The van der Waals surface area contributed by atoms with Crippen molar-refractivity contribution in [2.75, 3.05) is 4.72 Å². The zero-order valence-corrected chi connectivity index (χ0v) is 12.7. The van der Waals surface area contributed by atoms with E-state index in [1.807, 2.05) is 0 Å². The van der Waals surface area contributed by atoms with Crippen molar-refractivity contribution in [3.63, 3.8) is 0 Å². The minimum Gasteiger partial charge on any atom is -0.392 e. The lowest BCUT2D eigenvalue weighted by Gasteiger charge is -2.13. The summed E-state index contributed by atoms with van der Waals surface area (Å²) in [5.74, 6) is -0.547. The second-order valence-corrected chi connectivity index (χ2v) is 6.55. The fourth-order valence-corrected chi connectivity index (χ4v) is 3.58. The molecule has 0 spiro atoms. The average Bonchev–Trinajstić information content (AvgIpc) is 2.40. The Morgan fingerprint density at radius 2 is 2.00 bits per heavy atom. The summed E-state index contributed by atoms with van der Waals surface area (Å²) in [7, 11) is -3.93. The van der Waals surface area contributed by atoms with E-state index in [2.05, 4.69) is 4.72 Å². The van der Waals surface area contributed by atoms with E-state index in [-0.39, 0.29) is 22.2 Å². The van der Waals surface area contributed by atoms with Crippen molar-refractivity contribution >= 4 is 27.3 Å². The van der Waals surface area contributed by atoms with Crippen LogP contribution in [0.3, 0.4) is 0 Å². The highest BCUT2D eigenvalue weighted by Crippen LogP contribution is 2.26. The molecule has 0 aliphatic carbocycles. The first-order valence-corrected chi connectivity index (χ1v) is 7.88. The maximum absolute atomic E-state index is 13.1. The number of hydrogen-bond acceptors (Lipinski definition) is 3. The Balaban J connectivity index is 2.47. The summed E-state index contributed by atoms with van der Waals surface area (Å²) in [6, 6.07) is 7.91. The van der Waals surface area contributed by atoms with Crippen LogP contribution in [0.15, 0.2) is 41.3 Å². The van der Waals surface area contributed by atoms with Crippen LogP contribution in [0.1, 0.15) is 11.1 Å². The van der Waals surface area contributed by atoms with E-state index in [0.717, 1.165) is 6.07 Å². The molecule has 4 nitrogen and oxygen atoms in total. The topological polar surface area (TPSA) is 66.4 Å². The molecule has 112 valence electrons. The highest BCUT2D eigenvalue weighted by atomic mass is 35.5. The fourth-order valence-electron chi connectivity index (χ4n) is 1.91. The van der Waals surface area contributed by atoms with Gasteiger partial charge in [0, 0.05) is 5.02 Å². The Labute approximate surface area is 127 Å². The van der Waals surface area contributed by atoms with E-state index in [1.165, 1.54) is 30.3 Å². The molecular formula is C14H13ClFNO3S. The van der Waals surface area contributed by atoms with Gasteiger partial charge in [-0.05, 0) is 48.4 Å². The molecule has 2 N–H and O–H groups in total. The third kappa shape index (κ3) is 3.53. The van der Waals surface area contributed by atoms with Crippen LogP contribution in [-0.4, -0.2) is 13.5 Å². The molecule has 2 rings (SSSR count). The van der Waals surface area contributed by atoms with Crippen molar-refractivity contribution in [2.24, 2.45) is 0 Å². The van der Waals surface area contributed by atoms with Crippen LogP contribution in [0.4, 0.5) is 10.1 Å². The predicted molar refractivity (Wildman–Crippen MR) is 79.3 cm³/mol. The van der Waals surface area contributed by atoms with Gasteiger partial charge in [0.2, 0.25) is 0 Å². The Morgan fingerprint density at radius 3 is 2.62 bits per heavy atom. The van der Waals surface area contributed by atoms with Gasteiger partial charge in [-0.2, -0.15) is 0 Å². The minimum absolute atomic E-state index is 0.0525. The van der Waals surface area contributed by atoms with E-state index in [1.54, 1.807) is 6.92 Å². The van der Waals surface area contributed by atoms with Crippen molar-refractivity contribution in [3.05, 3.63) is 58.4 Å². The molecule has 0 unspecified atom stereocenters. The van der Waals surface area contributed by atoms with Gasteiger partial charge < -0.3 is 5.11 Å². The Morgan fingerprint density at radius 1 is 1.29 bits per heavy atom. The van der Waals surface area contributed by atoms with Gasteiger partial charge in [-0.1, -0.05) is 17.7 Å². The average molecular weight is 330 g/mol. The third-order valence-electron chi connectivity index (χ3n) is 2.97. The van der Waals surface area contributed by atoms with Gasteiger partial charge in [0.15, 0.2) is 0 Å². The van der Waals surface area contributed by atoms with E-state index in [0.29, 0.717) is 11.1 Å². The highest BCUT2D eigenvalue weighted by molar-refractivity contribution is 7.92. The summed E-state index contributed by atoms with van der Waals surface area (Å²) in [5, 5.41) is 9.43. The number of benzene rings is 2. The standard InChI is InChI=1S/C14H13ClFNO3S/c1-9-10(8-18)5-11(15)6-14(9)21(19,20)17-13-4-2-3-12(16)7-13/h2-7,17-18H,8H2,1H3. The number of nitrogens with one attached hydrogen (secondary N) is 1. The summed E-state index contributed by atoms with van der Waals surface area (Å²) in [6.45, 7) is 1.25. The third-order valence-corrected chi connectivity index (χ3v) is 4.69. The van der Waals surface area contributed by atoms with Crippen molar-refractivity contribution in [1.82, 2.24) is 0 Å². The number of aliphatic hydroxyl groups is 1. The lowest BCUT2D eigenvalue weighted by molar-refractivity contribution is 0.280. The monoisotopic (exact) mass is 329 g/mol. The lowest BCUT2D eigenvalue weighted by atomic mass is 10.1. The number of sulfonamides is 1. The number of rotatable bonds is 4. The summed E-state index contributed by atoms with van der Waals surface area (Å²) >= 11 is 5.87. The quantitative estimate of drug-likeness (QED) is 0.906. The largest absolute Gasteiger partial charge is 0.392 e. The molecule has 0 saturated carbocycles. The number of aliphatic hydroxyl groups excluding tert-OH is 1. The maximum Gasteiger partial charge on any atom is 0.262 e. The Hall–Kier alpha value is -1.63. The van der Waals surface area contributed by atoms with Crippen molar-refractivity contribution in [2.45, 2.75) is 18.4 Å². The van der Waals surface area contributed by atoms with Gasteiger partial charge in [0.1, 0.15) is 5.82 Å². The van der Waals surface area contributed by atoms with Crippen LogP contribution in [0.5, 0.6) is 0 Å². The van der Waals surface area contributed by atoms with E-state index >= 15 is 0 Å². The van der Waals surface area contributed by atoms with Gasteiger partial charge in [-0.15, -0.1) is 0 Å². The molecule has 21 heavy (non-hydrogen) atoms. The highest BCUT2D eigenvalue weighted by Gasteiger charge is 2.20. The van der Waals surface area contributed by atoms with Crippen molar-refractivity contribution < 1.29 is 17.9 Å². The van der Waals surface area contributed by atoms with Gasteiger partial charge in [0.05, 0.1) is 17.2 Å². The maximum atomic E-state index is 13.1. The summed E-state index contributed by atoms with van der Waals surface area (Å²) in [6.07, 6.45) is 0. The SMILES string of the molecule is Cc1c(CO)cc(Cl)cc1S(=O)(=O)Nc1cccc(F)c1. The first-order chi connectivity index (χ1) is 9.83. The van der Waals surface area contributed by atoms with Crippen LogP contribution in [0, 0.1) is 12.7 Å². The predicted octanol–water partition coefficient (Wildman–Crippen LogP) is 3.08. The molecule has 0 aliphatic rings. The van der Waals surface area contributed by atoms with E-state index < -0.39 is 15.8 Å². The molecule has 0 fully saturated rings. The zero-order chi connectivity index (χ0) is 15.6. The number of hydrogen-bond donors (Lipinski definition) is 2. The second kappa shape index (κ2) is 6.01. The summed E-state index contributed by atoms with van der Waals surface area (Å²) < 4.78 is 40.2. The summed E-state index contributed by atoms with van der Waals surface area (Å²) in [4.78, 5) is -0.0525. The van der Waals surface area contributed by atoms with Gasteiger partial charge in [0.25, 0.3) is 10.0 Å². The van der Waals surface area contributed by atoms with Gasteiger partial charge in [-0.3, -0.25) is 4.72 Å². The van der Waals surface area contributed by atoms with Crippen molar-refractivity contribution in [1.29, 1.82) is 0 Å². The molecule has 0 bridgehead atoms. The molecule has 0 amide bonds. The molecule has 0 radical (unpaired) electrons. The number of halogens is 2. The van der Waals surface area contributed by atoms with Gasteiger partial charge >= 0.3 is 0 Å². The Kier molecular flexibility index (Phi) is 4.51. The first-order valence-electron chi connectivity index (χ1n) is 6.02.